The molecule has 4 aromatic rings. The van der Waals surface area contributed by atoms with Gasteiger partial charge in [-0.1, -0.05) is 41.9 Å². The van der Waals surface area contributed by atoms with Crippen molar-refractivity contribution >= 4 is 46.0 Å². The molecule has 0 radical (unpaired) electrons. The average molecular weight is 400 g/mol. The minimum atomic E-state index is 0.734. The topological polar surface area (TPSA) is 12.9 Å². The molecule has 0 spiro atoms. The molecule has 2 heterocycles. The lowest BCUT2D eigenvalue weighted by Gasteiger charge is -2.02. The van der Waals surface area contributed by atoms with Gasteiger partial charge in [-0.25, -0.2) is 4.98 Å². The second kappa shape index (κ2) is 7.34. The average Bonchev–Trinajstić information content (AvgIpc) is 3.32. The van der Waals surface area contributed by atoms with Crippen molar-refractivity contribution < 1.29 is 0 Å². The van der Waals surface area contributed by atoms with Gasteiger partial charge in [-0.05, 0) is 41.5 Å². The first-order valence-electron chi connectivity index (χ1n) is 7.69. The number of thiazole rings is 1. The standard InChI is InChI=1S/C20H14ClNS3/c1-23-15-8-6-13(7-9-15)19-18(14-10-11-24-12-14)22-20(25-19)16-4-2-3-5-17(16)21/h2-12H,1H3. The van der Waals surface area contributed by atoms with Gasteiger partial charge in [0.15, 0.2) is 0 Å². The minimum Gasteiger partial charge on any atom is -0.235 e. The zero-order valence-electron chi connectivity index (χ0n) is 13.4. The fourth-order valence-corrected chi connectivity index (χ4v) is 5.07. The van der Waals surface area contributed by atoms with Gasteiger partial charge in [0.1, 0.15) is 5.01 Å². The molecule has 0 fully saturated rings. The van der Waals surface area contributed by atoms with Crippen molar-refractivity contribution in [1.82, 2.24) is 4.98 Å². The fraction of sp³-hybridized carbons (Fsp3) is 0.0500. The van der Waals surface area contributed by atoms with E-state index >= 15 is 0 Å². The Labute approximate surface area is 164 Å². The maximum atomic E-state index is 6.40. The van der Waals surface area contributed by atoms with Crippen molar-refractivity contribution in [1.29, 1.82) is 0 Å². The SMILES string of the molecule is CSc1ccc(-c2sc(-c3ccccc3Cl)nc2-c2ccsc2)cc1. The molecule has 0 aliphatic carbocycles. The van der Waals surface area contributed by atoms with Crippen LogP contribution in [0.4, 0.5) is 0 Å². The quantitative estimate of drug-likeness (QED) is 0.328. The van der Waals surface area contributed by atoms with Gasteiger partial charge in [-0.15, -0.1) is 23.1 Å². The number of thioether (sulfide) groups is 1. The first-order valence-corrected chi connectivity index (χ1v) is 11.0. The molecule has 0 N–H and O–H groups in total. The van der Waals surface area contributed by atoms with Crippen LogP contribution < -0.4 is 0 Å². The van der Waals surface area contributed by atoms with Crippen molar-refractivity contribution in [3.63, 3.8) is 0 Å². The van der Waals surface area contributed by atoms with E-state index in [0.717, 1.165) is 26.9 Å². The highest BCUT2D eigenvalue weighted by Gasteiger charge is 2.17. The molecule has 0 amide bonds. The van der Waals surface area contributed by atoms with Crippen LogP contribution in [0.5, 0.6) is 0 Å². The van der Waals surface area contributed by atoms with Crippen LogP contribution >= 0.6 is 46.0 Å². The number of halogens is 1. The van der Waals surface area contributed by atoms with Crippen LogP contribution in [0.3, 0.4) is 0 Å². The van der Waals surface area contributed by atoms with E-state index in [2.05, 4.69) is 47.3 Å². The van der Waals surface area contributed by atoms with Gasteiger partial charge in [0.2, 0.25) is 0 Å². The van der Waals surface area contributed by atoms with Crippen LogP contribution in [-0.4, -0.2) is 11.2 Å². The van der Waals surface area contributed by atoms with E-state index in [9.17, 15) is 0 Å². The van der Waals surface area contributed by atoms with Crippen LogP contribution in [0.25, 0.3) is 32.3 Å². The summed E-state index contributed by atoms with van der Waals surface area (Å²) in [6.45, 7) is 0. The van der Waals surface area contributed by atoms with E-state index in [1.807, 2.05) is 24.3 Å². The predicted molar refractivity (Wildman–Crippen MR) is 113 cm³/mol. The molecule has 0 atom stereocenters. The zero-order chi connectivity index (χ0) is 17.2. The molecule has 0 aliphatic rings. The summed E-state index contributed by atoms with van der Waals surface area (Å²) >= 11 is 11.5. The van der Waals surface area contributed by atoms with Gasteiger partial charge >= 0.3 is 0 Å². The van der Waals surface area contributed by atoms with Gasteiger partial charge in [0.25, 0.3) is 0 Å². The highest BCUT2D eigenvalue weighted by atomic mass is 35.5. The molecule has 2 aromatic carbocycles. The molecule has 1 nitrogen and oxygen atoms in total. The molecule has 25 heavy (non-hydrogen) atoms. The predicted octanol–water partition coefficient (Wildman–Crippen LogP) is 7.58. The van der Waals surface area contributed by atoms with Gasteiger partial charge in [0, 0.05) is 21.4 Å². The Bertz CT molecular complexity index is 988. The van der Waals surface area contributed by atoms with Crippen LogP contribution in [0, 0.1) is 0 Å². The zero-order valence-corrected chi connectivity index (χ0v) is 16.6. The Kier molecular flexibility index (Phi) is 4.95. The summed E-state index contributed by atoms with van der Waals surface area (Å²) in [7, 11) is 0. The number of benzene rings is 2. The van der Waals surface area contributed by atoms with E-state index in [1.54, 1.807) is 34.4 Å². The summed E-state index contributed by atoms with van der Waals surface area (Å²) in [6.07, 6.45) is 2.09. The number of hydrogen-bond donors (Lipinski definition) is 0. The second-order valence-corrected chi connectivity index (χ2v) is 8.48. The van der Waals surface area contributed by atoms with E-state index in [1.165, 1.54) is 15.3 Å². The molecular weight excluding hydrogens is 386 g/mol. The number of thiophene rings is 1. The maximum Gasteiger partial charge on any atom is 0.126 e. The highest BCUT2D eigenvalue weighted by Crippen LogP contribution is 2.42. The van der Waals surface area contributed by atoms with Crippen molar-refractivity contribution in [2.24, 2.45) is 0 Å². The largest absolute Gasteiger partial charge is 0.235 e. The number of nitrogens with zero attached hydrogens (tertiary/aromatic N) is 1. The summed E-state index contributed by atoms with van der Waals surface area (Å²) in [4.78, 5) is 7.38. The lowest BCUT2D eigenvalue weighted by molar-refractivity contribution is 1.40. The molecule has 4 rings (SSSR count). The summed E-state index contributed by atoms with van der Waals surface area (Å²) in [6, 6.07) is 18.7. The van der Waals surface area contributed by atoms with Gasteiger partial charge in [0.05, 0.1) is 15.6 Å². The van der Waals surface area contributed by atoms with Crippen molar-refractivity contribution in [2.45, 2.75) is 4.90 Å². The monoisotopic (exact) mass is 399 g/mol. The molecule has 2 aromatic heterocycles. The molecule has 5 heteroatoms. The van der Waals surface area contributed by atoms with Crippen molar-refractivity contribution in [3.05, 3.63) is 70.4 Å². The Balaban J connectivity index is 1.88. The first kappa shape index (κ1) is 16.9. The highest BCUT2D eigenvalue weighted by molar-refractivity contribution is 7.98. The third-order valence-corrected chi connectivity index (χ3v) is 6.77. The minimum absolute atomic E-state index is 0.734. The van der Waals surface area contributed by atoms with Crippen molar-refractivity contribution in [3.8, 4) is 32.3 Å². The molecular formula is C20H14ClNS3. The maximum absolute atomic E-state index is 6.40. The third kappa shape index (κ3) is 3.40. The first-order chi connectivity index (χ1) is 12.3. The lowest BCUT2D eigenvalue weighted by Crippen LogP contribution is -1.81. The van der Waals surface area contributed by atoms with E-state index < -0.39 is 0 Å². The Morgan fingerprint density at radius 1 is 0.960 bits per heavy atom. The number of rotatable bonds is 4. The number of aromatic nitrogens is 1. The molecule has 0 bridgehead atoms. The molecule has 0 saturated carbocycles. The second-order valence-electron chi connectivity index (χ2n) is 5.42. The summed E-state index contributed by atoms with van der Waals surface area (Å²) in [5.74, 6) is 0. The number of hydrogen-bond acceptors (Lipinski definition) is 4. The summed E-state index contributed by atoms with van der Waals surface area (Å²) in [5, 5.41) is 5.92. The normalized spacial score (nSPS) is 11.0. The van der Waals surface area contributed by atoms with Gasteiger partial charge in [-0.2, -0.15) is 11.3 Å². The Hall–Kier alpha value is -1.59. The molecule has 0 aliphatic heterocycles. The van der Waals surface area contributed by atoms with Crippen LogP contribution in [0.15, 0.2) is 70.3 Å². The van der Waals surface area contributed by atoms with Crippen LogP contribution in [-0.2, 0) is 0 Å². The van der Waals surface area contributed by atoms with Crippen LogP contribution in [0.2, 0.25) is 5.02 Å². The Morgan fingerprint density at radius 2 is 1.76 bits per heavy atom. The summed E-state index contributed by atoms with van der Waals surface area (Å²) in [5.41, 5.74) is 4.36. The van der Waals surface area contributed by atoms with Gasteiger partial charge in [-0.3, -0.25) is 0 Å². The molecule has 124 valence electrons. The van der Waals surface area contributed by atoms with E-state index in [4.69, 9.17) is 16.6 Å². The van der Waals surface area contributed by atoms with E-state index in [0.29, 0.717) is 0 Å². The smallest absolute Gasteiger partial charge is 0.126 e. The van der Waals surface area contributed by atoms with Gasteiger partial charge < -0.3 is 0 Å². The Morgan fingerprint density at radius 3 is 2.44 bits per heavy atom. The molecule has 0 unspecified atom stereocenters. The fourth-order valence-electron chi connectivity index (χ4n) is 2.60. The summed E-state index contributed by atoms with van der Waals surface area (Å²) < 4.78 is 0. The third-order valence-electron chi connectivity index (χ3n) is 3.88. The molecule has 0 saturated heterocycles. The van der Waals surface area contributed by atoms with Crippen molar-refractivity contribution in [2.75, 3.05) is 6.26 Å². The van der Waals surface area contributed by atoms with Crippen LogP contribution in [0.1, 0.15) is 0 Å². The lowest BCUT2D eigenvalue weighted by atomic mass is 10.1. The van der Waals surface area contributed by atoms with E-state index in [-0.39, 0.29) is 0 Å².